The monoisotopic (exact) mass is 420 g/mol. The van der Waals surface area contributed by atoms with Crippen molar-refractivity contribution in [2.24, 2.45) is 0 Å². The number of hydrogen-bond donors (Lipinski definition) is 2. The molecule has 1 heterocycles. The Morgan fingerprint density at radius 1 is 1.23 bits per heavy atom. The minimum absolute atomic E-state index is 0.0167. The Bertz CT molecular complexity index is 1040. The fourth-order valence-electron chi connectivity index (χ4n) is 3.21. The molecule has 1 unspecified atom stereocenters. The van der Waals surface area contributed by atoms with E-state index >= 15 is 0 Å². The quantitative estimate of drug-likeness (QED) is 0.465. The average molecular weight is 420 g/mol. The number of carbonyl (C=O) groups is 1. The number of rotatable bonds is 8. The molecule has 30 heavy (non-hydrogen) atoms. The van der Waals surface area contributed by atoms with Crippen molar-refractivity contribution in [1.82, 2.24) is 10.3 Å². The lowest BCUT2D eigenvalue weighted by Crippen LogP contribution is -2.17. The van der Waals surface area contributed by atoms with Crippen molar-refractivity contribution in [2.75, 3.05) is 6.54 Å². The molecule has 0 spiro atoms. The summed E-state index contributed by atoms with van der Waals surface area (Å²) >= 11 is 0. The third kappa shape index (κ3) is 4.99. The highest BCUT2D eigenvalue weighted by Gasteiger charge is 2.35. The third-order valence-corrected chi connectivity index (χ3v) is 5.05. The Hall–Kier alpha value is -2.87. The van der Waals surface area contributed by atoms with Crippen LogP contribution in [0.15, 0.2) is 40.8 Å². The molecule has 5 nitrogen and oxygen atoms in total. The summed E-state index contributed by atoms with van der Waals surface area (Å²) < 4.78 is 46.5. The van der Waals surface area contributed by atoms with E-state index in [0.29, 0.717) is 30.6 Å². The van der Waals surface area contributed by atoms with Gasteiger partial charge in [-0.25, -0.2) is 4.98 Å². The van der Waals surface area contributed by atoms with Crippen molar-refractivity contribution in [2.45, 2.75) is 45.3 Å². The fraction of sp³-hybridized carbons (Fsp3) is 0.364. The molecule has 160 valence electrons. The van der Waals surface area contributed by atoms with Gasteiger partial charge in [-0.05, 0) is 47.7 Å². The molecule has 1 aromatic heterocycles. The fourth-order valence-corrected chi connectivity index (χ4v) is 3.21. The van der Waals surface area contributed by atoms with Gasteiger partial charge in [0.1, 0.15) is 5.52 Å². The van der Waals surface area contributed by atoms with E-state index < -0.39 is 17.7 Å². The Kier molecular flexibility index (Phi) is 6.45. The Morgan fingerprint density at radius 3 is 2.67 bits per heavy atom. The lowest BCUT2D eigenvalue weighted by Gasteiger charge is -2.17. The average Bonchev–Trinajstić information content (AvgIpc) is 3.12. The second-order valence-corrected chi connectivity index (χ2v) is 7.25. The molecule has 0 saturated heterocycles. The molecule has 0 fully saturated rings. The Morgan fingerprint density at radius 2 is 2.00 bits per heavy atom. The van der Waals surface area contributed by atoms with E-state index in [0.717, 1.165) is 11.6 Å². The van der Waals surface area contributed by atoms with Gasteiger partial charge in [-0.15, -0.1) is 0 Å². The van der Waals surface area contributed by atoms with E-state index in [2.05, 4.69) is 10.3 Å². The van der Waals surface area contributed by atoms with E-state index in [-0.39, 0.29) is 29.4 Å². The number of oxazole rings is 1. The number of carboxylic acid groups (broad SMARTS) is 1. The summed E-state index contributed by atoms with van der Waals surface area (Å²) in [5, 5.41) is 11.7. The first-order valence-electron chi connectivity index (χ1n) is 9.72. The number of aromatic nitrogens is 1. The normalized spacial score (nSPS) is 13.0. The number of aliphatic carboxylic acids is 1. The lowest BCUT2D eigenvalue weighted by molar-refractivity contribution is -0.138. The van der Waals surface area contributed by atoms with E-state index in [1.165, 1.54) is 6.07 Å². The number of alkyl halides is 3. The van der Waals surface area contributed by atoms with Gasteiger partial charge >= 0.3 is 12.1 Å². The number of benzene rings is 2. The van der Waals surface area contributed by atoms with Crippen LogP contribution < -0.4 is 5.32 Å². The van der Waals surface area contributed by atoms with Crippen LogP contribution in [-0.4, -0.2) is 22.6 Å². The Balaban J connectivity index is 1.88. The highest BCUT2D eigenvalue weighted by molar-refractivity contribution is 5.77. The maximum atomic E-state index is 13.6. The van der Waals surface area contributed by atoms with Crippen molar-refractivity contribution in [3.05, 3.63) is 53.1 Å². The predicted octanol–water partition coefficient (Wildman–Crippen LogP) is 5.59. The molecule has 3 aromatic rings. The van der Waals surface area contributed by atoms with Gasteiger partial charge in [0.05, 0.1) is 12.0 Å². The predicted molar refractivity (Wildman–Crippen MR) is 107 cm³/mol. The first-order valence-corrected chi connectivity index (χ1v) is 9.72. The van der Waals surface area contributed by atoms with E-state index in [1.807, 2.05) is 13.0 Å². The molecule has 0 bridgehead atoms. The van der Waals surface area contributed by atoms with Crippen LogP contribution in [0.25, 0.3) is 22.6 Å². The van der Waals surface area contributed by atoms with Gasteiger partial charge in [-0.1, -0.05) is 26.0 Å². The molecule has 1 atom stereocenters. The zero-order valence-corrected chi connectivity index (χ0v) is 16.7. The van der Waals surface area contributed by atoms with Crippen LogP contribution >= 0.6 is 0 Å². The summed E-state index contributed by atoms with van der Waals surface area (Å²) in [4.78, 5) is 14.9. The molecular weight excluding hydrogens is 397 g/mol. The van der Waals surface area contributed by atoms with E-state index in [4.69, 9.17) is 9.52 Å². The molecule has 0 aliphatic rings. The first-order chi connectivity index (χ1) is 14.2. The van der Waals surface area contributed by atoms with Crippen molar-refractivity contribution < 1.29 is 27.5 Å². The van der Waals surface area contributed by atoms with Crippen LogP contribution in [0.4, 0.5) is 13.2 Å². The van der Waals surface area contributed by atoms with Crippen molar-refractivity contribution in [3.63, 3.8) is 0 Å². The van der Waals surface area contributed by atoms with Gasteiger partial charge in [0.2, 0.25) is 5.89 Å². The standard InChI is InChI=1S/C22H23F3N2O3/c1-3-13(2)16-6-5-15(11-17(16)22(23,24)25)21-27-18-7-4-14(10-19(18)30-21)12-26-9-8-20(28)29/h4-7,10-11,13,26H,3,8-9,12H2,1-2H3,(H,28,29). The zero-order chi connectivity index (χ0) is 21.9. The van der Waals surface area contributed by atoms with Crippen LogP contribution in [0.3, 0.4) is 0 Å². The van der Waals surface area contributed by atoms with Crippen molar-refractivity contribution in [3.8, 4) is 11.5 Å². The molecular formula is C22H23F3N2O3. The SMILES string of the molecule is CCC(C)c1ccc(-c2nc3ccc(CNCCC(=O)O)cc3o2)cc1C(F)(F)F. The zero-order valence-electron chi connectivity index (χ0n) is 16.7. The smallest absolute Gasteiger partial charge is 0.416 e. The van der Waals surface area contributed by atoms with Crippen LogP contribution in [0, 0.1) is 0 Å². The number of nitrogens with zero attached hydrogens (tertiary/aromatic N) is 1. The number of nitrogens with one attached hydrogen (secondary N) is 1. The molecule has 8 heteroatoms. The van der Waals surface area contributed by atoms with Crippen LogP contribution in [0.5, 0.6) is 0 Å². The van der Waals surface area contributed by atoms with Crippen LogP contribution in [-0.2, 0) is 17.5 Å². The first kappa shape index (κ1) is 21.8. The maximum absolute atomic E-state index is 13.6. The molecule has 2 N–H and O–H groups in total. The highest BCUT2D eigenvalue weighted by Crippen LogP contribution is 2.38. The molecule has 0 aliphatic carbocycles. The Labute approximate surface area is 171 Å². The van der Waals surface area contributed by atoms with Gasteiger partial charge < -0.3 is 14.8 Å². The number of hydrogen-bond acceptors (Lipinski definition) is 4. The molecule has 0 aliphatic heterocycles. The summed E-state index contributed by atoms with van der Waals surface area (Å²) in [6.45, 7) is 4.40. The number of halogens is 3. The van der Waals surface area contributed by atoms with E-state index in [9.17, 15) is 18.0 Å². The summed E-state index contributed by atoms with van der Waals surface area (Å²) in [6.07, 6.45) is -3.84. The molecule has 0 radical (unpaired) electrons. The molecule has 0 saturated carbocycles. The highest BCUT2D eigenvalue weighted by atomic mass is 19.4. The van der Waals surface area contributed by atoms with Crippen LogP contribution in [0.2, 0.25) is 0 Å². The summed E-state index contributed by atoms with van der Waals surface area (Å²) in [6, 6.07) is 9.50. The van der Waals surface area contributed by atoms with Gasteiger partial charge in [0.25, 0.3) is 0 Å². The van der Waals surface area contributed by atoms with Crippen LogP contribution in [0.1, 0.15) is 49.3 Å². The van der Waals surface area contributed by atoms with Gasteiger partial charge in [0.15, 0.2) is 5.58 Å². The summed E-state index contributed by atoms with van der Waals surface area (Å²) in [5.41, 5.74) is 1.73. The largest absolute Gasteiger partial charge is 0.481 e. The molecule has 3 rings (SSSR count). The summed E-state index contributed by atoms with van der Waals surface area (Å²) in [7, 11) is 0. The second-order valence-electron chi connectivity index (χ2n) is 7.25. The topological polar surface area (TPSA) is 75.4 Å². The second kappa shape index (κ2) is 8.87. The van der Waals surface area contributed by atoms with Gasteiger partial charge in [-0.2, -0.15) is 13.2 Å². The van der Waals surface area contributed by atoms with Gasteiger partial charge in [0, 0.05) is 18.7 Å². The van der Waals surface area contributed by atoms with Crippen molar-refractivity contribution >= 4 is 17.1 Å². The third-order valence-electron chi connectivity index (χ3n) is 5.05. The lowest BCUT2D eigenvalue weighted by atomic mass is 9.92. The number of fused-ring (bicyclic) bond motifs is 1. The minimum Gasteiger partial charge on any atom is -0.481 e. The maximum Gasteiger partial charge on any atom is 0.416 e. The number of carboxylic acids is 1. The van der Waals surface area contributed by atoms with Gasteiger partial charge in [-0.3, -0.25) is 4.79 Å². The molecule has 0 amide bonds. The van der Waals surface area contributed by atoms with E-state index in [1.54, 1.807) is 25.1 Å². The summed E-state index contributed by atoms with van der Waals surface area (Å²) in [5.74, 6) is -0.965. The minimum atomic E-state index is -4.46. The van der Waals surface area contributed by atoms with Crippen molar-refractivity contribution in [1.29, 1.82) is 0 Å². The molecule has 2 aromatic carbocycles.